The van der Waals surface area contributed by atoms with E-state index >= 15 is 0 Å². The number of thiol groups is 1. The number of nitrogens with two attached hydrogens (primary N) is 2. The van der Waals surface area contributed by atoms with Crippen LogP contribution in [0.15, 0.2) is 30.3 Å². The number of nitrogens with one attached hydrogen (secondary N) is 2. The Morgan fingerprint density at radius 1 is 1.09 bits per heavy atom. The van der Waals surface area contributed by atoms with Crippen LogP contribution in [0.2, 0.25) is 0 Å². The van der Waals surface area contributed by atoms with Gasteiger partial charge in [-0.3, -0.25) is 14.4 Å². The van der Waals surface area contributed by atoms with Crippen molar-refractivity contribution in [3.05, 3.63) is 35.9 Å². The number of rotatable bonds is 8. The summed E-state index contributed by atoms with van der Waals surface area (Å²) in [6.07, 6.45) is 0.270. The number of hydrogen-bond donors (Lipinski definition) is 5. The zero-order chi connectivity index (χ0) is 16.5. The van der Waals surface area contributed by atoms with Crippen LogP contribution in [0.5, 0.6) is 0 Å². The van der Waals surface area contributed by atoms with Crippen molar-refractivity contribution in [2.75, 3.05) is 12.3 Å². The van der Waals surface area contributed by atoms with Gasteiger partial charge in [0.1, 0.15) is 12.1 Å². The van der Waals surface area contributed by atoms with E-state index in [1.807, 2.05) is 30.3 Å². The molecule has 8 heteroatoms. The molecule has 1 aromatic carbocycles. The summed E-state index contributed by atoms with van der Waals surface area (Å²) in [5.41, 5.74) is 11.4. The minimum atomic E-state index is -0.878. The number of benzene rings is 1. The second-order valence-electron chi connectivity index (χ2n) is 4.66. The Kier molecular flexibility index (Phi) is 7.41. The predicted molar refractivity (Wildman–Crippen MR) is 86.1 cm³/mol. The molecular formula is C14H20N4O3S. The maximum Gasteiger partial charge on any atom is 0.244 e. The fourth-order valence-electron chi connectivity index (χ4n) is 1.79. The molecule has 0 fully saturated rings. The standard InChI is InChI=1S/C14H20N4O3S/c15-7-12(19)17-11(8-22)14(21)18-10(13(16)20)6-9-4-2-1-3-5-9/h1-5,10-11,22H,6-8,15H2,(H2,16,20)(H,17,19)(H,18,21)/t10-,11+/m0/s1. The molecule has 0 bridgehead atoms. The second kappa shape index (κ2) is 9.06. The first kappa shape index (κ1) is 18.0. The molecule has 22 heavy (non-hydrogen) atoms. The van der Waals surface area contributed by atoms with Crippen LogP contribution in [-0.2, 0) is 20.8 Å². The predicted octanol–water partition coefficient (Wildman–Crippen LogP) is -1.43. The highest BCUT2D eigenvalue weighted by Gasteiger charge is 2.24. The maximum atomic E-state index is 12.1. The van der Waals surface area contributed by atoms with Crippen LogP contribution in [0.4, 0.5) is 0 Å². The van der Waals surface area contributed by atoms with Crippen LogP contribution in [0, 0.1) is 0 Å². The summed E-state index contributed by atoms with van der Waals surface area (Å²) in [6, 6.07) is 7.41. The van der Waals surface area contributed by atoms with E-state index in [-0.39, 0.29) is 18.7 Å². The van der Waals surface area contributed by atoms with E-state index in [2.05, 4.69) is 23.3 Å². The number of carbonyl (C=O) groups is 3. The van der Waals surface area contributed by atoms with Gasteiger partial charge in [-0.15, -0.1) is 0 Å². The third-order valence-corrected chi connectivity index (χ3v) is 3.33. The van der Waals surface area contributed by atoms with E-state index < -0.39 is 29.8 Å². The largest absolute Gasteiger partial charge is 0.368 e. The summed E-state index contributed by atoms with van der Waals surface area (Å²) in [6.45, 7) is -0.235. The van der Waals surface area contributed by atoms with Crippen molar-refractivity contribution in [3.63, 3.8) is 0 Å². The summed E-state index contributed by atoms with van der Waals surface area (Å²) < 4.78 is 0. The van der Waals surface area contributed by atoms with E-state index in [0.29, 0.717) is 0 Å². The summed E-state index contributed by atoms with van der Waals surface area (Å²) in [7, 11) is 0. The van der Waals surface area contributed by atoms with Crippen molar-refractivity contribution >= 4 is 30.4 Å². The van der Waals surface area contributed by atoms with E-state index in [1.54, 1.807) is 0 Å². The lowest BCUT2D eigenvalue weighted by Gasteiger charge is -2.20. The molecule has 0 aliphatic heterocycles. The van der Waals surface area contributed by atoms with Crippen LogP contribution in [0.1, 0.15) is 5.56 Å². The van der Waals surface area contributed by atoms with E-state index in [0.717, 1.165) is 5.56 Å². The average molecular weight is 324 g/mol. The van der Waals surface area contributed by atoms with Gasteiger partial charge in [-0.25, -0.2) is 0 Å². The molecule has 0 aromatic heterocycles. The SMILES string of the molecule is NCC(=O)N[C@H](CS)C(=O)N[C@@H](Cc1ccccc1)C(N)=O. The van der Waals surface area contributed by atoms with Crippen molar-refractivity contribution < 1.29 is 14.4 Å². The van der Waals surface area contributed by atoms with Crippen LogP contribution >= 0.6 is 12.6 Å². The van der Waals surface area contributed by atoms with E-state index in [9.17, 15) is 14.4 Å². The Morgan fingerprint density at radius 2 is 1.73 bits per heavy atom. The zero-order valence-electron chi connectivity index (χ0n) is 12.0. The molecule has 7 nitrogen and oxygen atoms in total. The summed E-state index contributed by atoms with van der Waals surface area (Å²) in [5.74, 6) is -1.58. The third-order valence-electron chi connectivity index (χ3n) is 2.96. The Balaban J connectivity index is 2.71. The monoisotopic (exact) mass is 324 g/mol. The number of carbonyl (C=O) groups excluding carboxylic acids is 3. The molecule has 120 valence electrons. The fraction of sp³-hybridized carbons (Fsp3) is 0.357. The molecule has 6 N–H and O–H groups in total. The highest BCUT2D eigenvalue weighted by Crippen LogP contribution is 2.03. The number of primary amides is 1. The van der Waals surface area contributed by atoms with Gasteiger partial charge in [-0.2, -0.15) is 12.6 Å². The Labute approximate surface area is 134 Å². The molecule has 3 amide bonds. The molecule has 0 saturated carbocycles. The fourth-order valence-corrected chi connectivity index (χ4v) is 2.05. The quantitative estimate of drug-likeness (QED) is 0.376. The minimum Gasteiger partial charge on any atom is -0.368 e. The van der Waals surface area contributed by atoms with Crippen molar-refractivity contribution in [2.24, 2.45) is 11.5 Å². The molecule has 0 aliphatic rings. The molecular weight excluding hydrogens is 304 g/mol. The normalized spacial score (nSPS) is 13.0. The Morgan fingerprint density at radius 3 is 2.23 bits per heavy atom. The zero-order valence-corrected chi connectivity index (χ0v) is 12.9. The van der Waals surface area contributed by atoms with Crippen LogP contribution in [0.3, 0.4) is 0 Å². The van der Waals surface area contributed by atoms with Crippen LogP contribution in [-0.4, -0.2) is 42.1 Å². The Bertz CT molecular complexity index is 524. The van der Waals surface area contributed by atoms with Crippen molar-refractivity contribution in [3.8, 4) is 0 Å². The van der Waals surface area contributed by atoms with Gasteiger partial charge in [0.2, 0.25) is 17.7 Å². The summed E-state index contributed by atoms with van der Waals surface area (Å²) in [4.78, 5) is 34.9. The number of amides is 3. The molecule has 0 radical (unpaired) electrons. The summed E-state index contributed by atoms with van der Waals surface area (Å²) >= 11 is 4.01. The van der Waals surface area contributed by atoms with Gasteiger partial charge >= 0.3 is 0 Å². The topological polar surface area (TPSA) is 127 Å². The lowest BCUT2D eigenvalue weighted by Crippen LogP contribution is -2.55. The van der Waals surface area contributed by atoms with Crippen LogP contribution < -0.4 is 22.1 Å². The smallest absolute Gasteiger partial charge is 0.244 e. The first-order chi connectivity index (χ1) is 10.5. The van der Waals surface area contributed by atoms with Crippen molar-refractivity contribution in [1.82, 2.24) is 10.6 Å². The molecule has 0 saturated heterocycles. The third kappa shape index (κ3) is 5.74. The molecule has 1 aromatic rings. The van der Waals surface area contributed by atoms with Crippen molar-refractivity contribution in [2.45, 2.75) is 18.5 Å². The first-order valence-corrected chi connectivity index (χ1v) is 7.35. The Hall–Kier alpha value is -2.06. The van der Waals surface area contributed by atoms with E-state index in [4.69, 9.17) is 11.5 Å². The average Bonchev–Trinajstić information content (AvgIpc) is 2.52. The van der Waals surface area contributed by atoms with Gasteiger partial charge in [-0.1, -0.05) is 30.3 Å². The van der Waals surface area contributed by atoms with Gasteiger partial charge < -0.3 is 22.1 Å². The highest BCUT2D eigenvalue weighted by molar-refractivity contribution is 7.80. The molecule has 0 spiro atoms. The van der Waals surface area contributed by atoms with Gasteiger partial charge in [0.15, 0.2) is 0 Å². The molecule has 1 rings (SSSR count). The molecule has 0 heterocycles. The maximum absolute atomic E-state index is 12.1. The van der Waals surface area contributed by atoms with E-state index in [1.165, 1.54) is 0 Å². The second-order valence-corrected chi connectivity index (χ2v) is 5.03. The van der Waals surface area contributed by atoms with Gasteiger partial charge in [0, 0.05) is 12.2 Å². The van der Waals surface area contributed by atoms with Crippen molar-refractivity contribution in [1.29, 1.82) is 0 Å². The minimum absolute atomic E-state index is 0.0778. The highest BCUT2D eigenvalue weighted by atomic mass is 32.1. The summed E-state index contributed by atoms with van der Waals surface area (Å²) in [5, 5.41) is 4.95. The van der Waals surface area contributed by atoms with Gasteiger partial charge in [-0.05, 0) is 5.56 Å². The van der Waals surface area contributed by atoms with Gasteiger partial charge in [0.05, 0.1) is 6.54 Å². The lowest BCUT2D eigenvalue weighted by molar-refractivity contribution is -0.130. The molecule has 0 unspecified atom stereocenters. The molecule has 0 aliphatic carbocycles. The van der Waals surface area contributed by atoms with Gasteiger partial charge in [0.25, 0.3) is 0 Å². The first-order valence-electron chi connectivity index (χ1n) is 6.71. The molecule has 2 atom stereocenters. The van der Waals surface area contributed by atoms with Crippen LogP contribution in [0.25, 0.3) is 0 Å². The number of hydrogen-bond acceptors (Lipinski definition) is 5. The lowest BCUT2D eigenvalue weighted by atomic mass is 10.1.